The molecular weight excluding hydrogens is 410 g/mol. The molecule has 2 aromatic heterocycles. The Hall–Kier alpha value is -2.45. The molecule has 1 aliphatic heterocycles. The summed E-state index contributed by atoms with van der Waals surface area (Å²) in [5.74, 6) is 0.838. The zero-order valence-corrected chi connectivity index (χ0v) is 19.2. The number of hydrogen-bond donors (Lipinski definition) is 2. The van der Waals surface area contributed by atoms with Gasteiger partial charge in [-0.15, -0.1) is 0 Å². The Kier molecular flexibility index (Phi) is 6.29. The minimum atomic E-state index is -1.66. The highest BCUT2D eigenvalue weighted by molar-refractivity contribution is 7.75. The minimum absolute atomic E-state index is 0.181. The maximum Gasteiger partial charge on any atom is 0.137 e. The van der Waals surface area contributed by atoms with Crippen molar-refractivity contribution in [3.8, 4) is 0 Å². The number of rotatable bonds is 7. The molecular formula is C23H30N5O2S-. The van der Waals surface area contributed by atoms with Crippen LogP contribution in [0, 0.1) is 4.78 Å². The van der Waals surface area contributed by atoms with Crippen molar-refractivity contribution in [2.75, 3.05) is 19.8 Å². The van der Waals surface area contributed by atoms with Gasteiger partial charge in [-0.05, 0) is 43.2 Å². The van der Waals surface area contributed by atoms with Crippen LogP contribution >= 0.6 is 0 Å². The number of nitrogens with one attached hydrogen (secondary N) is 2. The number of aromatic nitrogens is 2. The van der Waals surface area contributed by atoms with E-state index in [0.717, 1.165) is 59.5 Å². The third kappa shape index (κ3) is 4.32. The predicted octanol–water partition coefficient (Wildman–Crippen LogP) is 4.53. The van der Waals surface area contributed by atoms with Crippen molar-refractivity contribution in [2.45, 2.75) is 50.8 Å². The molecule has 2 N–H and O–H groups in total. The van der Waals surface area contributed by atoms with E-state index in [-0.39, 0.29) is 6.04 Å². The zero-order valence-electron chi connectivity index (χ0n) is 18.4. The number of pyridine rings is 1. The first kappa shape index (κ1) is 21.8. The second-order valence-electron chi connectivity index (χ2n) is 8.25. The number of H-pyrrole nitrogens is 1. The summed E-state index contributed by atoms with van der Waals surface area (Å²) in [4.78, 5) is 14.9. The molecule has 0 amide bonds. The smallest absolute Gasteiger partial charge is 0.137 e. The van der Waals surface area contributed by atoms with Crippen LogP contribution in [0.2, 0.25) is 0 Å². The first-order chi connectivity index (χ1) is 15.0. The second kappa shape index (κ2) is 8.96. The molecule has 8 heteroatoms. The third-order valence-corrected chi connectivity index (χ3v) is 7.44. The Morgan fingerprint density at radius 3 is 2.97 bits per heavy atom. The number of ether oxygens (including phenoxy) is 1. The van der Waals surface area contributed by atoms with Gasteiger partial charge in [-0.2, -0.15) is 10.6 Å². The van der Waals surface area contributed by atoms with Crippen molar-refractivity contribution in [3.63, 3.8) is 0 Å². The summed E-state index contributed by atoms with van der Waals surface area (Å²) < 4.78 is 25.3. The van der Waals surface area contributed by atoms with Crippen LogP contribution in [-0.4, -0.2) is 51.1 Å². The van der Waals surface area contributed by atoms with Crippen molar-refractivity contribution in [3.05, 3.63) is 53.6 Å². The van der Waals surface area contributed by atoms with E-state index in [4.69, 9.17) is 14.5 Å². The SMILES string of the molecule is CC/C=C(/C=C(\N=C(/C)c1ccnc2[nH]ccc12)N1CCOCC1C)C1([S-](=N)=O)CC1. The predicted molar refractivity (Wildman–Crippen MR) is 124 cm³/mol. The van der Waals surface area contributed by atoms with Gasteiger partial charge in [0.25, 0.3) is 0 Å². The van der Waals surface area contributed by atoms with E-state index in [1.807, 2.05) is 25.3 Å². The number of allylic oxidation sites excluding steroid dienone is 2. The minimum Gasteiger partial charge on any atom is -0.444 e. The van der Waals surface area contributed by atoms with Gasteiger partial charge in [-0.3, -0.25) is 0 Å². The van der Waals surface area contributed by atoms with E-state index in [9.17, 15) is 4.21 Å². The molecule has 1 unspecified atom stereocenters. The molecule has 166 valence electrons. The van der Waals surface area contributed by atoms with Crippen LogP contribution in [0.3, 0.4) is 0 Å². The van der Waals surface area contributed by atoms with Crippen LogP contribution in [0.15, 0.2) is 53.1 Å². The van der Waals surface area contributed by atoms with E-state index in [1.54, 1.807) is 6.20 Å². The normalized spacial score (nSPS) is 22.4. The van der Waals surface area contributed by atoms with E-state index in [0.29, 0.717) is 13.2 Å². The molecule has 0 bridgehead atoms. The number of hydrogen-bond acceptors (Lipinski definition) is 7. The van der Waals surface area contributed by atoms with E-state index < -0.39 is 15.3 Å². The lowest BCUT2D eigenvalue weighted by Gasteiger charge is -2.36. The zero-order chi connectivity index (χ0) is 22.0. The van der Waals surface area contributed by atoms with Gasteiger partial charge < -0.3 is 23.6 Å². The van der Waals surface area contributed by atoms with Gasteiger partial charge in [0.1, 0.15) is 11.5 Å². The monoisotopic (exact) mass is 440 g/mol. The van der Waals surface area contributed by atoms with E-state index >= 15 is 0 Å². The summed E-state index contributed by atoms with van der Waals surface area (Å²) in [6.07, 6.45) is 10.2. The van der Waals surface area contributed by atoms with Crippen LogP contribution in [-0.2, 0) is 19.5 Å². The van der Waals surface area contributed by atoms with Gasteiger partial charge in [-0.25, -0.2) is 9.98 Å². The molecule has 31 heavy (non-hydrogen) atoms. The highest BCUT2D eigenvalue weighted by Gasteiger charge is 2.39. The van der Waals surface area contributed by atoms with Gasteiger partial charge >= 0.3 is 0 Å². The quantitative estimate of drug-likeness (QED) is 0.376. The van der Waals surface area contributed by atoms with Crippen LogP contribution in [0.1, 0.15) is 45.6 Å². The average molecular weight is 441 g/mol. The molecule has 1 saturated heterocycles. The topological polar surface area (TPSA) is 94.4 Å². The molecule has 7 nitrogen and oxygen atoms in total. The van der Waals surface area contributed by atoms with Gasteiger partial charge in [0.05, 0.1) is 19.3 Å². The highest BCUT2D eigenvalue weighted by atomic mass is 32.2. The van der Waals surface area contributed by atoms with Crippen molar-refractivity contribution in [1.82, 2.24) is 14.9 Å². The fraction of sp³-hybridized carbons (Fsp3) is 0.478. The molecule has 1 aliphatic carbocycles. The first-order valence-electron chi connectivity index (χ1n) is 10.8. The van der Waals surface area contributed by atoms with Crippen LogP contribution in [0.5, 0.6) is 0 Å². The average Bonchev–Trinajstić information content (AvgIpc) is 3.43. The Bertz CT molecular complexity index is 1120. The van der Waals surface area contributed by atoms with Crippen molar-refractivity contribution in [1.29, 1.82) is 4.78 Å². The van der Waals surface area contributed by atoms with Crippen LogP contribution in [0.4, 0.5) is 0 Å². The molecule has 2 fully saturated rings. The Morgan fingerprint density at radius 1 is 1.48 bits per heavy atom. The lowest BCUT2D eigenvalue weighted by atomic mass is 10.1. The maximum absolute atomic E-state index is 12.3. The molecule has 0 radical (unpaired) electrons. The summed E-state index contributed by atoms with van der Waals surface area (Å²) in [6, 6.07) is 4.18. The summed E-state index contributed by atoms with van der Waals surface area (Å²) in [6.45, 7) is 8.26. The summed E-state index contributed by atoms with van der Waals surface area (Å²) in [5.41, 5.74) is 3.73. The number of nitrogens with zero attached hydrogens (tertiary/aromatic N) is 3. The van der Waals surface area contributed by atoms with Crippen LogP contribution < -0.4 is 0 Å². The van der Waals surface area contributed by atoms with Gasteiger partial charge in [0.15, 0.2) is 0 Å². The van der Waals surface area contributed by atoms with Crippen molar-refractivity contribution >= 4 is 27.3 Å². The second-order valence-corrected chi connectivity index (χ2v) is 9.57. The Labute approximate surface area is 185 Å². The molecule has 1 atom stereocenters. The van der Waals surface area contributed by atoms with E-state index in [1.165, 1.54) is 0 Å². The molecule has 0 aromatic carbocycles. The highest BCUT2D eigenvalue weighted by Crippen LogP contribution is 2.47. The van der Waals surface area contributed by atoms with Crippen LogP contribution in [0.25, 0.3) is 11.0 Å². The molecule has 0 spiro atoms. The molecule has 1 saturated carbocycles. The first-order valence-corrected chi connectivity index (χ1v) is 12.0. The Balaban J connectivity index is 1.81. The summed E-state index contributed by atoms with van der Waals surface area (Å²) >= 11 is 0. The molecule has 3 heterocycles. The van der Waals surface area contributed by atoms with Gasteiger partial charge in [-0.1, -0.05) is 31.4 Å². The fourth-order valence-corrected chi connectivity index (χ4v) is 5.01. The number of morpholine rings is 1. The number of aliphatic imine (C=N–C) groups is 1. The lowest BCUT2D eigenvalue weighted by molar-refractivity contribution is 0.0164. The molecule has 2 aliphatic rings. The van der Waals surface area contributed by atoms with Crippen molar-refractivity contribution in [2.24, 2.45) is 4.99 Å². The number of fused-ring (bicyclic) bond motifs is 1. The van der Waals surface area contributed by atoms with Crippen molar-refractivity contribution < 1.29 is 8.95 Å². The van der Waals surface area contributed by atoms with E-state index in [2.05, 4.69) is 40.9 Å². The van der Waals surface area contributed by atoms with Gasteiger partial charge in [0, 0.05) is 35.6 Å². The standard InChI is InChI=1S/C23H30N5O2S/c1-4-5-18(23(8-9-23)31(24)29)14-21(28-12-13-30-15-16(28)2)27-17(3)19-6-10-25-22-20(19)7-11-26-22/h5-7,10-11,14,16,24H,4,8-9,12-13,15H2,1-3H3,(H,25,26)/q-1/b18-5-,21-14+,27-17+. The summed E-state index contributed by atoms with van der Waals surface area (Å²) in [7, 11) is -1.66. The number of aromatic amines is 1. The molecule has 4 rings (SSSR count). The largest absolute Gasteiger partial charge is 0.444 e. The Morgan fingerprint density at radius 2 is 2.29 bits per heavy atom. The maximum atomic E-state index is 12.3. The lowest BCUT2D eigenvalue weighted by Crippen LogP contribution is -2.42. The van der Waals surface area contributed by atoms with Gasteiger partial charge in [0.2, 0.25) is 0 Å². The summed E-state index contributed by atoms with van der Waals surface area (Å²) in [5, 5.41) is 1.04. The molecule has 2 aromatic rings. The fourth-order valence-electron chi connectivity index (χ4n) is 4.19. The third-order valence-electron chi connectivity index (χ3n) is 6.09.